The molecule has 2 rings (SSSR count). The van der Waals surface area contributed by atoms with Gasteiger partial charge in [0.15, 0.2) is 0 Å². The van der Waals surface area contributed by atoms with Crippen LogP contribution in [0.4, 0.5) is 0 Å². The Bertz CT molecular complexity index is 166. The van der Waals surface area contributed by atoms with E-state index in [1.54, 1.807) is 0 Å². The molecular formula is C8H12O3. The third-order valence-corrected chi connectivity index (χ3v) is 2.66. The van der Waals surface area contributed by atoms with Crippen molar-refractivity contribution in [3.63, 3.8) is 0 Å². The number of rotatable bonds is 2. The Labute approximate surface area is 65.4 Å². The Hall–Kier alpha value is -0.570. The molecule has 2 fully saturated rings. The maximum Gasteiger partial charge on any atom is 0.303 e. The second kappa shape index (κ2) is 2.48. The fraction of sp³-hybridized carbons (Fsp3) is 0.875. The van der Waals surface area contributed by atoms with E-state index in [9.17, 15) is 4.79 Å². The summed E-state index contributed by atoms with van der Waals surface area (Å²) in [5, 5.41) is 8.52. The van der Waals surface area contributed by atoms with E-state index in [4.69, 9.17) is 9.84 Å². The molecular weight excluding hydrogens is 144 g/mol. The zero-order chi connectivity index (χ0) is 7.84. The summed E-state index contributed by atoms with van der Waals surface area (Å²) in [5.74, 6) is 0.211. The maximum atomic E-state index is 10.3. The lowest BCUT2D eigenvalue weighted by Gasteiger charge is -2.07. The molecule has 0 spiro atoms. The van der Waals surface area contributed by atoms with Crippen molar-refractivity contribution in [3.05, 3.63) is 0 Å². The van der Waals surface area contributed by atoms with E-state index in [1.165, 1.54) is 6.42 Å². The number of hydrogen-bond acceptors (Lipinski definition) is 2. The lowest BCUT2D eigenvalue weighted by molar-refractivity contribution is -0.137. The van der Waals surface area contributed by atoms with Gasteiger partial charge in [-0.05, 0) is 18.8 Å². The van der Waals surface area contributed by atoms with Crippen molar-refractivity contribution in [2.75, 3.05) is 6.61 Å². The third kappa shape index (κ3) is 1.25. The van der Waals surface area contributed by atoms with Gasteiger partial charge in [-0.25, -0.2) is 0 Å². The second-order valence-corrected chi connectivity index (χ2v) is 3.40. The minimum atomic E-state index is -0.687. The van der Waals surface area contributed by atoms with E-state index in [0.717, 1.165) is 13.0 Å². The van der Waals surface area contributed by atoms with Crippen LogP contribution in [0.5, 0.6) is 0 Å². The number of carbonyl (C=O) groups is 1. The van der Waals surface area contributed by atoms with Crippen molar-refractivity contribution in [3.8, 4) is 0 Å². The van der Waals surface area contributed by atoms with Gasteiger partial charge < -0.3 is 9.84 Å². The molecule has 62 valence electrons. The Balaban J connectivity index is 1.85. The van der Waals surface area contributed by atoms with E-state index >= 15 is 0 Å². The van der Waals surface area contributed by atoms with Crippen molar-refractivity contribution in [2.45, 2.75) is 25.4 Å². The van der Waals surface area contributed by atoms with E-state index in [2.05, 4.69) is 0 Å². The number of hydrogen-bond donors (Lipinski definition) is 1. The number of aliphatic carboxylic acids is 1. The lowest BCUT2D eigenvalue weighted by atomic mass is 10.1. The zero-order valence-corrected chi connectivity index (χ0v) is 6.32. The largest absolute Gasteiger partial charge is 0.481 e. The summed E-state index contributed by atoms with van der Waals surface area (Å²) < 4.78 is 5.40. The summed E-state index contributed by atoms with van der Waals surface area (Å²) in [6, 6.07) is 0. The van der Waals surface area contributed by atoms with Crippen LogP contribution in [0.2, 0.25) is 0 Å². The normalized spacial score (nSPS) is 41.3. The fourth-order valence-corrected chi connectivity index (χ4v) is 2.04. The van der Waals surface area contributed by atoms with Gasteiger partial charge in [0.2, 0.25) is 0 Å². The SMILES string of the molecule is O=C(O)CC1C2CCCOC21. The van der Waals surface area contributed by atoms with Crippen molar-refractivity contribution in [1.82, 2.24) is 0 Å². The molecule has 0 aromatic carbocycles. The van der Waals surface area contributed by atoms with Gasteiger partial charge in [-0.15, -0.1) is 0 Å². The van der Waals surface area contributed by atoms with Crippen LogP contribution in [-0.2, 0) is 9.53 Å². The van der Waals surface area contributed by atoms with Crippen LogP contribution in [0, 0.1) is 11.8 Å². The highest BCUT2D eigenvalue weighted by Gasteiger charge is 2.52. The van der Waals surface area contributed by atoms with Crippen LogP contribution < -0.4 is 0 Å². The first-order valence-corrected chi connectivity index (χ1v) is 4.12. The summed E-state index contributed by atoms with van der Waals surface area (Å²) in [6.45, 7) is 0.831. The minimum absolute atomic E-state index is 0.292. The topological polar surface area (TPSA) is 46.5 Å². The highest BCUT2D eigenvalue weighted by Crippen LogP contribution is 2.49. The number of carboxylic acids is 1. The Morgan fingerprint density at radius 2 is 2.45 bits per heavy atom. The number of fused-ring (bicyclic) bond motifs is 1. The molecule has 0 bridgehead atoms. The van der Waals surface area contributed by atoms with E-state index in [0.29, 0.717) is 24.4 Å². The smallest absolute Gasteiger partial charge is 0.303 e. The number of carboxylic acid groups (broad SMARTS) is 1. The molecule has 1 aliphatic heterocycles. The molecule has 0 amide bonds. The molecule has 3 heteroatoms. The lowest BCUT2D eigenvalue weighted by Crippen LogP contribution is -2.06. The highest BCUT2D eigenvalue weighted by molar-refractivity contribution is 5.67. The van der Waals surface area contributed by atoms with Gasteiger partial charge in [-0.1, -0.05) is 0 Å². The predicted octanol–water partition coefficient (Wildman–Crippen LogP) is 0.886. The monoisotopic (exact) mass is 156 g/mol. The van der Waals surface area contributed by atoms with Crippen LogP contribution in [0.15, 0.2) is 0 Å². The molecule has 3 nitrogen and oxygen atoms in total. The molecule has 1 saturated carbocycles. The van der Waals surface area contributed by atoms with Crippen LogP contribution in [0.1, 0.15) is 19.3 Å². The van der Waals surface area contributed by atoms with E-state index in [-0.39, 0.29) is 0 Å². The summed E-state index contributed by atoms with van der Waals surface area (Å²) in [6.07, 6.45) is 2.87. The second-order valence-electron chi connectivity index (χ2n) is 3.40. The van der Waals surface area contributed by atoms with Gasteiger partial charge in [-0.3, -0.25) is 4.79 Å². The number of ether oxygens (including phenoxy) is 1. The van der Waals surface area contributed by atoms with Crippen molar-refractivity contribution < 1.29 is 14.6 Å². The molecule has 3 atom stereocenters. The zero-order valence-electron chi connectivity index (χ0n) is 6.32. The van der Waals surface area contributed by atoms with Crippen LogP contribution in [0.3, 0.4) is 0 Å². The molecule has 1 N–H and O–H groups in total. The third-order valence-electron chi connectivity index (χ3n) is 2.66. The molecule has 1 heterocycles. The Morgan fingerprint density at radius 1 is 1.64 bits per heavy atom. The Kier molecular flexibility index (Phi) is 1.60. The fourth-order valence-electron chi connectivity index (χ4n) is 2.04. The Morgan fingerprint density at radius 3 is 3.00 bits per heavy atom. The van der Waals surface area contributed by atoms with Gasteiger partial charge in [0.25, 0.3) is 0 Å². The van der Waals surface area contributed by atoms with Crippen LogP contribution in [-0.4, -0.2) is 23.8 Å². The molecule has 0 aromatic heterocycles. The van der Waals surface area contributed by atoms with Gasteiger partial charge in [-0.2, -0.15) is 0 Å². The van der Waals surface area contributed by atoms with Gasteiger partial charge >= 0.3 is 5.97 Å². The average molecular weight is 156 g/mol. The molecule has 11 heavy (non-hydrogen) atoms. The van der Waals surface area contributed by atoms with Gasteiger partial charge in [0.05, 0.1) is 12.5 Å². The van der Waals surface area contributed by atoms with E-state index < -0.39 is 5.97 Å². The average Bonchev–Trinajstić information content (AvgIpc) is 2.64. The first-order valence-electron chi connectivity index (χ1n) is 4.12. The standard InChI is InChI=1S/C8H12O3/c9-7(10)4-6-5-2-1-3-11-8(5)6/h5-6,8H,1-4H2,(H,9,10). The molecule has 0 aromatic rings. The van der Waals surface area contributed by atoms with Crippen LogP contribution >= 0.6 is 0 Å². The molecule has 1 saturated heterocycles. The van der Waals surface area contributed by atoms with Gasteiger partial charge in [0.1, 0.15) is 0 Å². The van der Waals surface area contributed by atoms with Crippen molar-refractivity contribution in [1.29, 1.82) is 0 Å². The summed E-state index contributed by atoms with van der Waals surface area (Å²) in [5.41, 5.74) is 0. The van der Waals surface area contributed by atoms with Gasteiger partial charge in [0, 0.05) is 12.5 Å². The molecule has 2 aliphatic rings. The van der Waals surface area contributed by atoms with Crippen LogP contribution in [0.25, 0.3) is 0 Å². The first-order chi connectivity index (χ1) is 5.29. The molecule has 1 aliphatic carbocycles. The quantitative estimate of drug-likeness (QED) is 0.645. The van der Waals surface area contributed by atoms with Crippen molar-refractivity contribution in [2.24, 2.45) is 11.8 Å². The van der Waals surface area contributed by atoms with Crippen molar-refractivity contribution >= 4 is 5.97 Å². The predicted molar refractivity (Wildman–Crippen MR) is 38.2 cm³/mol. The summed E-state index contributed by atoms with van der Waals surface area (Å²) >= 11 is 0. The molecule has 0 radical (unpaired) electrons. The van der Waals surface area contributed by atoms with E-state index in [1.807, 2.05) is 0 Å². The summed E-state index contributed by atoms with van der Waals surface area (Å²) in [4.78, 5) is 10.3. The summed E-state index contributed by atoms with van der Waals surface area (Å²) in [7, 11) is 0. The first kappa shape index (κ1) is 7.10. The highest BCUT2D eigenvalue weighted by atomic mass is 16.5. The molecule has 3 unspecified atom stereocenters. The minimum Gasteiger partial charge on any atom is -0.481 e. The maximum absolute atomic E-state index is 10.3.